The Hall–Kier alpha value is -2.66. The first-order valence-corrected chi connectivity index (χ1v) is 9.26. The fraction of sp³-hybridized carbons (Fsp3) is 0.364. The maximum absolute atomic E-state index is 10.6. The fourth-order valence-electron chi connectivity index (χ4n) is 3.31. The van der Waals surface area contributed by atoms with Gasteiger partial charge in [-0.05, 0) is 30.3 Å². The first-order chi connectivity index (χ1) is 13.1. The molecule has 2 aromatic carbocycles. The van der Waals surface area contributed by atoms with E-state index in [2.05, 4.69) is 43.0 Å². The van der Waals surface area contributed by atoms with E-state index in [9.17, 15) is 5.11 Å². The van der Waals surface area contributed by atoms with E-state index < -0.39 is 0 Å². The lowest BCUT2D eigenvalue weighted by Gasteiger charge is -2.18. The van der Waals surface area contributed by atoms with Crippen molar-refractivity contribution >= 4 is 11.0 Å². The highest BCUT2D eigenvalue weighted by atomic mass is 16.5. The monoisotopic (exact) mass is 369 g/mol. The summed E-state index contributed by atoms with van der Waals surface area (Å²) >= 11 is 0. The summed E-state index contributed by atoms with van der Waals surface area (Å²) in [6.45, 7) is 7.30. The van der Waals surface area contributed by atoms with Crippen molar-refractivity contribution in [2.45, 2.75) is 26.8 Å². The molecule has 0 aliphatic heterocycles. The van der Waals surface area contributed by atoms with Gasteiger partial charge in [-0.1, -0.05) is 38.1 Å². The number of fused-ring (bicyclic) bond motifs is 1. The summed E-state index contributed by atoms with van der Waals surface area (Å²) in [4.78, 5) is 2.37. The summed E-state index contributed by atoms with van der Waals surface area (Å²) in [5.74, 6) is 1.83. The minimum absolute atomic E-state index is 0.153. The Balaban J connectivity index is 1.89. The molecule has 0 bridgehead atoms. The van der Waals surface area contributed by atoms with Crippen molar-refractivity contribution in [1.29, 1.82) is 0 Å². The molecular weight excluding hydrogens is 342 g/mol. The van der Waals surface area contributed by atoms with Gasteiger partial charge in [-0.2, -0.15) is 0 Å². The van der Waals surface area contributed by atoms with Gasteiger partial charge in [-0.25, -0.2) is 0 Å². The summed E-state index contributed by atoms with van der Waals surface area (Å²) in [6, 6.07) is 11.9. The van der Waals surface area contributed by atoms with Crippen molar-refractivity contribution < 1.29 is 19.0 Å². The van der Waals surface area contributed by atoms with Gasteiger partial charge in [0.2, 0.25) is 0 Å². The summed E-state index contributed by atoms with van der Waals surface area (Å²) in [7, 11) is 3.15. The van der Waals surface area contributed by atoms with Crippen LogP contribution in [0.1, 0.15) is 30.7 Å². The molecule has 0 radical (unpaired) electrons. The zero-order valence-electron chi connectivity index (χ0n) is 16.4. The molecule has 1 aromatic heterocycles. The number of benzene rings is 2. The lowest BCUT2D eigenvalue weighted by molar-refractivity contribution is 0.296. The van der Waals surface area contributed by atoms with Crippen molar-refractivity contribution in [3.8, 4) is 17.2 Å². The Morgan fingerprint density at radius 1 is 0.963 bits per heavy atom. The Morgan fingerprint density at radius 2 is 1.63 bits per heavy atom. The highest BCUT2D eigenvalue weighted by Crippen LogP contribution is 2.40. The number of rotatable bonds is 8. The molecule has 3 aromatic rings. The topological polar surface area (TPSA) is 55.1 Å². The molecule has 3 rings (SSSR count). The second-order valence-corrected chi connectivity index (χ2v) is 6.54. The highest BCUT2D eigenvalue weighted by Gasteiger charge is 2.17. The van der Waals surface area contributed by atoms with Crippen LogP contribution in [0.15, 0.2) is 40.8 Å². The van der Waals surface area contributed by atoms with Crippen LogP contribution < -0.4 is 9.47 Å². The van der Waals surface area contributed by atoms with Crippen LogP contribution in [-0.4, -0.2) is 37.3 Å². The summed E-state index contributed by atoms with van der Waals surface area (Å²) in [6.07, 6.45) is 0.525. The van der Waals surface area contributed by atoms with E-state index in [0.29, 0.717) is 34.6 Å². The molecule has 0 aliphatic carbocycles. The number of nitrogens with zero attached hydrogens (tertiary/aromatic N) is 1. The molecule has 5 heteroatoms. The average Bonchev–Trinajstić information content (AvgIpc) is 2.99. The number of aromatic hydroxyl groups is 1. The van der Waals surface area contributed by atoms with Crippen molar-refractivity contribution in [1.82, 2.24) is 4.90 Å². The van der Waals surface area contributed by atoms with Crippen molar-refractivity contribution in [3.63, 3.8) is 0 Å². The van der Waals surface area contributed by atoms with E-state index in [0.717, 1.165) is 25.2 Å². The van der Waals surface area contributed by atoms with Crippen LogP contribution in [-0.2, 0) is 13.0 Å². The van der Waals surface area contributed by atoms with Crippen molar-refractivity contribution in [2.75, 3.05) is 27.3 Å². The third-order valence-electron chi connectivity index (χ3n) is 4.89. The Morgan fingerprint density at radius 3 is 2.30 bits per heavy atom. The first-order valence-electron chi connectivity index (χ1n) is 9.26. The molecule has 144 valence electrons. The fourth-order valence-corrected chi connectivity index (χ4v) is 3.31. The average molecular weight is 369 g/mol. The molecule has 1 heterocycles. The minimum Gasteiger partial charge on any atom is -0.504 e. The van der Waals surface area contributed by atoms with Crippen molar-refractivity contribution in [3.05, 3.63) is 53.3 Å². The molecule has 0 spiro atoms. The minimum atomic E-state index is 0.153. The lowest BCUT2D eigenvalue weighted by atomic mass is 10.1. The first kappa shape index (κ1) is 19.1. The third kappa shape index (κ3) is 4.03. The quantitative estimate of drug-likeness (QED) is 0.629. The van der Waals surface area contributed by atoms with Crippen LogP contribution >= 0.6 is 0 Å². The maximum atomic E-state index is 10.6. The highest BCUT2D eigenvalue weighted by molar-refractivity contribution is 5.88. The molecular formula is C22H27NO4. The zero-order valence-corrected chi connectivity index (χ0v) is 16.4. The van der Waals surface area contributed by atoms with Crippen LogP contribution in [0.4, 0.5) is 0 Å². The third-order valence-corrected chi connectivity index (χ3v) is 4.89. The molecule has 0 amide bonds. The second-order valence-electron chi connectivity index (χ2n) is 6.54. The smallest absolute Gasteiger partial charge is 0.165 e. The van der Waals surface area contributed by atoms with Gasteiger partial charge in [0, 0.05) is 19.0 Å². The van der Waals surface area contributed by atoms with Crippen LogP contribution in [0, 0.1) is 0 Å². The molecule has 0 saturated heterocycles. The SMILES string of the molecule is CCN(CC)Cc1cccc(Cc2oc3cc(OC)c(OC)cc3c2O)c1. The molecule has 1 N–H and O–H groups in total. The molecule has 27 heavy (non-hydrogen) atoms. The van der Waals surface area contributed by atoms with Gasteiger partial charge in [0.25, 0.3) is 0 Å². The number of hydrogen-bond donors (Lipinski definition) is 1. The van der Waals surface area contributed by atoms with Crippen LogP contribution in [0.3, 0.4) is 0 Å². The van der Waals surface area contributed by atoms with E-state index in [1.165, 1.54) is 5.56 Å². The predicted octanol–water partition coefficient (Wildman–Crippen LogP) is 4.59. The molecule has 0 aliphatic rings. The lowest BCUT2D eigenvalue weighted by Crippen LogP contribution is -2.22. The normalized spacial score (nSPS) is 11.3. The Labute approximate surface area is 160 Å². The maximum Gasteiger partial charge on any atom is 0.165 e. The zero-order chi connectivity index (χ0) is 19.4. The Bertz CT molecular complexity index is 912. The van der Waals surface area contributed by atoms with Gasteiger partial charge >= 0.3 is 0 Å². The predicted molar refractivity (Wildman–Crippen MR) is 107 cm³/mol. The van der Waals surface area contributed by atoms with Crippen LogP contribution in [0.2, 0.25) is 0 Å². The molecule has 0 atom stereocenters. The van der Waals surface area contributed by atoms with Gasteiger partial charge in [-0.3, -0.25) is 4.90 Å². The largest absolute Gasteiger partial charge is 0.504 e. The van der Waals surface area contributed by atoms with Gasteiger partial charge < -0.3 is 19.0 Å². The van der Waals surface area contributed by atoms with E-state index >= 15 is 0 Å². The van der Waals surface area contributed by atoms with E-state index in [1.807, 2.05) is 0 Å². The van der Waals surface area contributed by atoms with Crippen molar-refractivity contribution in [2.24, 2.45) is 0 Å². The van der Waals surface area contributed by atoms with Gasteiger partial charge in [0.15, 0.2) is 23.0 Å². The molecule has 0 fully saturated rings. The second kappa shape index (κ2) is 8.35. The van der Waals surface area contributed by atoms with E-state index in [-0.39, 0.29) is 5.75 Å². The van der Waals surface area contributed by atoms with Crippen LogP contribution in [0.25, 0.3) is 11.0 Å². The standard InChI is InChI=1S/C22H27NO4/c1-5-23(6-2)14-16-9-7-8-15(10-16)11-21-22(24)17-12-19(25-3)20(26-4)13-18(17)27-21/h7-10,12-13,24H,5-6,11,14H2,1-4H3. The summed E-state index contributed by atoms with van der Waals surface area (Å²) in [5.41, 5.74) is 2.95. The van der Waals surface area contributed by atoms with E-state index in [1.54, 1.807) is 26.4 Å². The van der Waals surface area contributed by atoms with E-state index in [4.69, 9.17) is 13.9 Å². The van der Waals surface area contributed by atoms with Gasteiger partial charge in [0.05, 0.1) is 19.6 Å². The molecule has 0 saturated carbocycles. The molecule has 5 nitrogen and oxygen atoms in total. The van der Waals surface area contributed by atoms with Gasteiger partial charge in [-0.15, -0.1) is 0 Å². The summed E-state index contributed by atoms with van der Waals surface area (Å²) in [5, 5.41) is 11.3. The summed E-state index contributed by atoms with van der Waals surface area (Å²) < 4.78 is 16.5. The number of furan rings is 1. The van der Waals surface area contributed by atoms with Crippen LogP contribution in [0.5, 0.6) is 17.2 Å². The van der Waals surface area contributed by atoms with Gasteiger partial charge in [0.1, 0.15) is 5.58 Å². The number of hydrogen-bond acceptors (Lipinski definition) is 5. The molecule has 0 unspecified atom stereocenters. The number of ether oxygens (including phenoxy) is 2. The Kier molecular flexibility index (Phi) is 5.91. The number of methoxy groups -OCH3 is 2.